The molecule has 38 heavy (non-hydrogen) atoms. The van der Waals surface area contributed by atoms with Crippen LogP contribution in [0, 0.1) is 0 Å². The number of sulfone groups is 1. The van der Waals surface area contributed by atoms with Crippen molar-refractivity contribution in [1.29, 1.82) is 0 Å². The lowest BCUT2D eigenvalue weighted by molar-refractivity contribution is -0.139. The van der Waals surface area contributed by atoms with Crippen molar-refractivity contribution in [3.63, 3.8) is 0 Å². The molecule has 1 heterocycles. The van der Waals surface area contributed by atoms with E-state index in [2.05, 4.69) is 0 Å². The van der Waals surface area contributed by atoms with Gasteiger partial charge in [0, 0.05) is 23.8 Å². The van der Waals surface area contributed by atoms with E-state index in [0.29, 0.717) is 34.1 Å². The first-order chi connectivity index (χ1) is 18.1. The lowest BCUT2D eigenvalue weighted by atomic mass is 10.0. The summed E-state index contributed by atoms with van der Waals surface area (Å²) in [6.07, 6.45) is 1.16. The fourth-order valence-corrected chi connectivity index (χ4v) is 5.30. The van der Waals surface area contributed by atoms with Crippen molar-refractivity contribution in [3.8, 4) is 16.9 Å². The van der Waals surface area contributed by atoms with Gasteiger partial charge in [0.1, 0.15) is 5.75 Å². The Labute approximate surface area is 218 Å². The van der Waals surface area contributed by atoms with Gasteiger partial charge in [-0.1, -0.05) is 48.5 Å². The summed E-state index contributed by atoms with van der Waals surface area (Å²) < 4.78 is 31.6. The maximum Gasteiger partial charge on any atom is 0.341 e. The SMILES string of the molecule is CS(=O)(=O)c1ccc(Cn2c3cc(-c4ccccc4)cc(OCC(=O)O)c3c3c(C(N)=O)cccc32)cc1. The van der Waals surface area contributed by atoms with Crippen LogP contribution in [-0.2, 0) is 21.2 Å². The van der Waals surface area contributed by atoms with Crippen molar-refractivity contribution in [1.82, 2.24) is 4.57 Å². The second kappa shape index (κ2) is 9.68. The molecule has 9 heteroatoms. The molecular weight excluding hydrogens is 504 g/mol. The standard InChI is InChI=1S/C29H24N2O6S/c1-38(35,36)21-12-10-18(11-13-21)16-31-23-9-5-8-22(29(30)34)27(23)28-24(31)14-20(19-6-3-2-4-7-19)15-25(28)37-17-26(32)33/h2-15H,16-17H2,1H3,(H2,30,34)(H,32,33). The molecule has 0 atom stereocenters. The summed E-state index contributed by atoms with van der Waals surface area (Å²) >= 11 is 0. The predicted octanol–water partition coefficient (Wildman–Crippen LogP) is 4.48. The molecule has 1 aromatic heterocycles. The highest BCUT2D eigenvalue weighted by atomic mass is 32.2. The molecule has 8 nitrogen and oxygen atoms in total. The third kappa shape index (κ3) is 4.71. The van der Waals surface area contributed by atoms with Crippen molar-refractivity contribution in [2.75, 3.05) is 12.9 Å². The molecule has 5 rings (SSSR count). The number of aromatic nitrogens is 1. The highest BCUT2D eigenvalue weighted by Crippen LogP contribution is 2.41. The average Bonchev–Trinajstić information content (AvgIpc) is 3.21. The molecule has 0 aliphatic carbocycles. The molecule has 0 spiro atoms. The number of hydrogen-bond donors (Lipinski definition) is 2. The molecule has 0 saturated heterocycles. The topological polar surface area (TPSA) is 129 Å². The molecule has 0 unspecified atom stereocenters. The minimum atomic E-state index is -3.34. The Morgan fingerprint density at radius 2 is 1.58 bits per heavy atom. The van der Waals surface area contributed by atoms with Gasteiger partial charge >= 0.3 is 5.97 Å². The summed E-state index contributed by atoms with van der Waals surface area (Å²) in [5, 5.41) is 10.5. The number of hydrogen-bond acceptors (Lipinski definition) is 5. The zero-order valence-electron chi connectivity index (χ0n) is 20.4. The van der Waals surface area contributed by atoms with Crippen LogP contribution in [0.25, 0.3) is 32.9 Å². The monoisotopic (exact) mass is 528 g/mol. The van der Waals surface area contributed by atoms with Gasteiger partial charge in [-0.2, -0.15) is 0 Å². The molecule has 0 fully saturated rings. The first kappa shape index (κ1) is 25.0. The van der Waals surface area contributed by atoms with Crippen LogP contribution in [0.3, 0.4) is 0 Å². The van der Waals surface area contributed by atoms with Crippen LogP contribution in [0.1, 0.15) is 15.9 Å². The summed E-state index contributed by atoms with van der Waals surface area (Å²) in [4.78, 5) is 24.1. The highest BCUT2D eigenvalue weighted by molar-refractivity contribution is 7.90. The van der Waals surface area contributed by atoms with Crippen molar-refractivity contribution < 1.29 is 27.9 Å². The third-order valence-corrected chi connectivity index (χ3v) is 7.50. The number of primary amides is 1. The van der Waals surface area contributed by atoms with Crippen LogP contribution < -0.4 is 10.5 Å². The van der Waals surface area contributed by atoms with Crippen molar-refractivity contribution in [3.05, 3.63) is 96.1 Å². The Kier molecular flexibility index (Phi) is 6.38. The van der Waals surface area contributed by atoms with Gasteiger partial charge in [-0.05, 0) is 53.1 Å². The van der Waals surface area contributed by atoms with Gasteiger partial charge in [0.15, 0.2) is 16.4 Å². The molecule has 4 aromatic carbocycles. The Hall–Kier alpha value is -4.63. The minimum Gasteiger partial charge on any atom is -0.481 e. The first-order valence-corrected chi connectivity index (χ1v) is 13.6. The van der Waals surface area contributed by atoms with Gasteiger partial charge in [-0.25, -0.2) is 13.2 Å². The van der Waals surface area contributed by atoms with Crippen LogP contribution in [0.15, 0.2) is 89.8 Å². The summed E-state index contributed by atoms with van der Waals surface area (Å²) in [5.74, 6) is -1.44. The lowest BCUT2D eigenvalue weighted by Crippen LogP contribution is -2.11. The molecule has 0 aliphatic heterocycles. The van der Waals surface area contributed by atoms with E-state index < -0.39 is 28.3 Å². The largest absolute Gasteiger partial charge is 0.481 e. The van der Waals surface area contributed by atoms with Gasteiger partial charge < -0.3 is 20.1 Å². The van der Waals surface area contributed by atoms with Crippen LogP contribution in [0.4, 0.5) is 0 Å². The second-order valence-corrected chi connectivity index (χ2v) is 11.0. The molecule has 0 aliphatic rings. The normalized spacial score (nSPS) is 11.6. The molecule has 1 amide bonds. The number of amides is 1. The van der Waals surface area contributed by atoms with Gasteiger partial charge in [0.25, 0.3) is 0 Å². The van der Waals surface area contributed by atoms with Crippen molar-refractivity contribution in [2.45, 2.75) is 11.4 Å². The quantitative estimate of drug-likeness (QED) is 0.306. The number of aliphatic carboxylic acids is 1. The van der Waals surface area contributed by atoms with Gasteiger partial charge in [0.05, 0.1) is 21.3 Å². The Morgan fingerprint density at radius 1 is 0.868 bits per heavy atom. The summed E-state index contributed by atoms with van der Waals surface area (Å²) in [7, 11) is -3.34. The molecule has 0 radical (unpaired) electrons. The van der Waals surface area contributed by atoms with E-state index in [0.717, 1.165) is 22.9 Å². The van der Waals surface area contributed by atoms with E-state index in [4.69, 9.17) is 10.5 Å². The molecule has 3 N–H and O–H groups in total. The Morgan fingerprint density at radius 3 is 2.21 bits per heavy atom. The number of nitrogens with two attached hydrogens (primary N) is 1. The van der Waals surface area contributed by atoms with Crippen LogP contribution >= 0.6 is 0 Å². The van der Waals surface area contributed by atoms with E-state index in [1.54, 1.807) is 42.5 Å². The zero-order valence-corrected chi connectivity index (χ0v) is 21.2. The third-order valence-electron chi connectivity index (χ3n) is 6.37. The van der Waals surface area contributed by atoms with E-state index in [1.807, 2.05) is 47.0 Å². The highest BCUT2D eigenvalue weighted by Gasteiger charge is 2.22. The van der Waals surface area contributed by atoms with E-state index in [9.17, 15) is 23.1 Å². The molecule has 0 bridgehead atoms. The number of carboxylic acids is 1. The van der Waals surface area contributed by atoms with E-state index in [-0.39, 0.29) is 10.5 Å². The number of carbonyl (C=O) groups is 2. The number of fused-ring (bicyclic) bond motifs is 3. The summed E-state index contributed by atoms with van der Waals surface area (Å²) in [6, 6.07) is 25.2. The maximum atomic E-state index is 12.4. The number of ether oxygens (including phenoxy) is 1. The van der Waals surface area contributed by atoms with Gasteiger partial charge in [0.2, 0.25) is 5.91 Å². The first-order valence-electron chi connectivity index (χ1n) is 11.7. The summed E-state index contributed by atoms with van der Waals surface area (Å²) in [6.45, 7) is -0.214. The number of benzene rings is 4. The maximum absolute atomic E-state index is 12.4. The smallest absolute Gasteiger partial charge is 0.341 e. The number of nitrogens with zero attached hydrogens (tertiary/aromatic N) is 1. The Bertz CT molecular complexity index is 1810. The van der Waals surface area contributed by atoms with Gasteiger partial charge in [-0.3, -0.25) is 4.79 Å². The van der Waals surface area contributed by atoms with Crippen LogP contribution in [0.2, 0.25) is 0 Å². The predicted molar refractivity (Wildman–Crippen MR) is 145 cm³/mol. The van der Waals surface area contributed by atoms with E-state index >= 15 is 0 Å². The number of carbonyl (C=O) groups excluding carboxylic acids is 1. The van der Waals surface area contributed by atoms with Crippen molar-refractivity contribution in [2.24, 2.45) is 5.73 Å². The fraction of sp³-hybridized carbons (Fsp3) is 0.103. The van der Waals surface area contributed by atoms with Gasteiger partial charge in [-0.15, -0.1) is 0 Å². The molecule has 0 saturated carbocycles. The second-order valence-electron chi connectivity index (χ2n) is 8.98. The summed E-state index contributed by atoms with van der Waals surface area (Å²) in [5.41, 5.74) is 9.98. The fourth-order valence-electron chi connectivity index (χ4n) is 4.67. The molecular formula is C29H24N2O6S. The Balaban J connectivity index is 1.81. The van der Waals surface area contributed by atoms with E-state index in [1.165, 1.54) is 0 Å². The van der Waals surface area contributed by atoms with Crippen molar-refractivity contribution >= 4 is 43.5 Å². The van der Waals surface area contributed by atoms with Crippen LogP contribution in [-0.4, -0.2) is 42.8 Å². The average molecular weight is 529 g/mol. The zero-order chi connectivity index (χ0) is 27.0. The lowest BCUT2D eigenvalue weighted by Gasteiger charge is -2.12. The molecule has 192 valence electrons. The number of carboxylic acid groups (broad SMARTS) is 1. The number of rotatable bonds is 8. The molecule has 5 aromatic rings. The minimum absolute atomic E-state index is 0.218. The van der Waals surface area contributed by atoms with Crippen LogP contribution in [0.5, 0.6) is 5.75 Å².